The molecule has 0 unspecified atom stereocenters. The molecule has 0 heterocycles. The summed E-state index contributed by atoms with van der Waals surface area (Å²) < 4.78 is 5.10. The average Bonchev–Trinajstić information content (AvgIpc) is 2.79. The van der Waals surface area contributed by atoms with Crippen molar-refractivity contribution in [3.8, 4) is 0 Å². The Hall–Kier alpha value is -4.06. The van der Waals surface area contributed by atoms with Gasteiger partial charge in [-0.3, -0.25) is 14.4 Å². The largest absolute Gasteiger partial charge is 0.452 e. The highest BCUT2D eigenvalue weighted by atomic mass is 16.5. The molecule has 6 nitrogen and oxygen atoms in total. The number of ether oxygens (including phenoxy) is 1. The first-order valence-electron chi connectivity index (χ1n) is 9.35. The van der Waals surface area contributed by atoms with Gasteiger partial charge in [-0.15, -0.1) is 0 Å². The van der Waals surface area contributed by atoms with Gasteiger partial charge < -0.3 is 10.1 Å². The Bertz CT molecular complexity index is 1170. The SMILES string of the molecule is O=C(COC(=O)c1cccc2c1C(=O)c1ccccc1C2=O)NCc1ccccc1. The van der Waals surface area contributed by atoms with E-state index in [1.54, 1.807) is 24.3 Å². The summed E-state index contributed by atoms with van der Waals surface area (Å²) in [5.74, 6) is -2.04. The summed E-state index contributed by atoms with van der Waals surface area (Å²) >= 11 is 0. The van der Waals surface area contributed by atoms with E-state index >= 15 is 0 Å². The first-order chi connectivity index (χ1) is 14.6. The van der Waals surface area contributed by atoms with Crippen LogP contribution in [-0.4, -0.2) is 30.0 Å². The van der Waals surface area contributed by atoms with Gasteiger partial charge in [0.1, 0.15) is 0 Å². The van der Waals surface area contributed by atoms with Gasteiger partial charge in [-0.1, -0.05) is 66.7 Å². The van der Waals surface area contributed by atoms with Gasteiger partial charge in [0, 0.05) is 28.8 Å². The molecule has 0 aliphatic heterocycles. The van der Waals surface area contributed by atoms with Gasteiger partial charge in [-0.05, 0) is 11.6 Å². The van der Waals surface area contributed by atoms with E-state index in [0.29, 0.717) is 12.1 Å². The van der Waals surface area contributed by atoms with E-state index < -0.39 is 24.3 Å². The molecule has 6 heteroatoms. The second-order valence-corrected chi connectivity index (χ2v) is 6.77. The van der Waals surface area contributed by atoms with Gasteiger partial charge in [-0.25, -0.2) is 4.79 Å². The molecule has 1 amide bonds. The third-order valence-corrected chi connectivity index (χ3v) is 4.84. The average molecular weight is 399 g/mol. The summed E-state index contributed by atoms with van der Waals surface area (Å²) in [6, 6.07) is 20.2. The van der Waals surface area contributed by atoms with Crippen molar-refractivity contribution in [2.24, 2.45) is 0 Å². The third-order valence-electron chi connectivity index (χ3n) is 4.84. The lowest BCUT2D eigenvalue weighted by molar-refractivity contribution is -0.124. The van der Waals surface area contributed by atoms with Crippen LogP contribution in [-0.2, 0) is 16.1 Å². The molecule has 148 valence electrons. The van der Waals surface area contributed by atoms with Crippen LogP contribution in [0.1, 0.15) is 47.8 Å². The number of carbonyl (C=O) groups excluding carboxylic acids is 4. The predicted molar refractivity (Wildman–Crippen MR) is 108 cm³/mol. The minimum atomic E-state index is -0.831. The van der Waals surface area contributed by atoms with Crippen molar-refractivity contribution in [1.82, 2.24) is 5.32 Å². The Balaban J connectivity index is 1.49. The topological polar surface area (TPSA) is 89.5 Å². The number of esters is 1. The summed E-state index contributed by atoms with van der Waals surface area (Å²) in [5.41, 5.74) is 1.60. The zero-order valence-corrected chi connectivity index (χ0v) is 15.9. The van der Waals surface area contributed by atoms with E-state index in [0.717, 1.165) is 5.56 Å². The standard InChI is InChI=1S/C24H17NO5/c26-20(25-13-15-7-2-1-3-8-15)14-30-24(29)19-12-6-11-18-21(19)23(28)17-10-5-4-9-16(17)22(18)27/h1-12H,13-14H2,(H,25,26). The number of fused-ring (bicyclic) bond motifs is 2. The Labute approximate surface area is 172 Å². The molecular weight excluding hydrogens is 382 g/mol. The lowest BCUT2D eigenvalue weighted by atomic mass is 9.82. The summed E-state index contributed by atoms with van der Waals surface area (Å²) in [7, 11) is 0. The summed E-state index contributed by atoms with van der Waals surface area (Å²) in [6.07, 6.45) is 0. The van der Waals surface area contributed by atoms with Crippen molar-refractivity contribution >= 4 is 23.4 Å². The minimum absolute atomic E-state index is 0.0101. The second kappa shape index (κ2) is 8.13. The fourth-order valence-electron chi connectivity index (χ4n) is 3.37. The van der Waals surface area contributed by atoms with Crippen molar-refractivity contribution in [2.75, 3.05) is 6.61 Å². The Morgan fingerprint density at radius 3 is 2.10 bits per heavy atom. The minimum Gasteiger partial charge on any atom is -0.452 e. The van der Waals surface area contributed by atoms with Crippen LogP contribution in [0.4, 0.5) is 0 Å². The van der Waals surface area contributed by atoms with Gasteiger partial charge in [0.25, 0.3) is 5.91 Å². The summed E-state index contributed by atoms with van der Waals surface area (Å²) in [5, 5.41) is 2.66. The number of hydrogen-bond donors (Lipinski definition) is 1. The van der Waals surface area contributed by atoms with Crippen molar-refractivity contribution in [2.45, 2.75) is 6.54 Å². The number of rotatable bonds is 5. The van der Waals surface area contributed by atoms with Gasteiger partial charge >= 0.3 is 5.97 Å². The molecule has 1 aliphatic carbocycles. The highest BCUT2D eigenvalue weighted by molar-refractivity contribution is 6.30. The van der Waals surface area contributed by atoms with E-state index in [2.05, 4.69) is 5.32 Å². The molecule has 0 aromatic heterocycles. The predicted octanol–water partition coefficient (Wildman–Crippen LogP) is 2.94. The zero-order valence-electron chi connectivity index (χ0n) is 15.9. The number of hydrogen-bond acceptors (Lipinski definition) is 5. The lowest BCUT2D eigenvalue weighted by Gasteiger charge is -2.19. The van der Waals surface area contributed by atoms with Crippen LogP contribution in [0, 0.1) is 0 Å². The highest BCUT2D eigenvalue weighted by Gasteiger charge is 2.33. The van der Waals surface area contributed by atoms with Crippen molar-refractivity contribution in [1.29, 1.82) is 0 Å². The van der Waals surface area contributed by atoms with Gasteiger partial charge in [0.2, 0.25) is 0 Å². The maximum Gasteiger partial charge on any atom is 0.339 e. The van der Waals surface area contributed by atoms with Crippen molar-refractivity contribution in [3.05, 3.63) is 106 Å². The third kappa shape index (κ3) is 3.63. The fraction of sp³-hybridized carbons (Fsp3) is 0.0833. The smallest absolute Gasteiger partial charge is 0.339 e. The molecule has 3 aromatic rings. The van der Waals surface area contributed by atoms with E-state index in [1.165, 1.54) is 18.2 Å². The second-order valence-electron chi connectivity index (χ2n) is 6.77. The number of benzene rings is 3. The van der Waals surface area contributed by atoms with Gasteiger partial charge in [0.15, 0.2) is 18.2 Å². The van der Waals surface area contributed by atoms with Crippen LogP contribution in [0.15, 0.2) is 72.8 Å². The first-order valence-corrected chi connectivity index (χ1v) is 9.35. The van der Waals surface area contributed by atoms with E-state index in [1.807, 2.05) is 30.3 Å². The van der Waals surface area contributed by atoms with Crippen LogP contribution >= 0.6 is 0 Å². The van der Waals surface area contributed by atoms with Crippen LogP contribution in [0.3, 0.4) is 0 Å². The van der Waals surface area contributed by atoms with E-state index in [9.17, 15) is 19.2 Å². The van der Waals surface area contributed by atoms with E-state index in [4.69, 9.17) is 4.74 Å². The van der Waals surface area contributed by atoms with Crippen LogP contribution in [0.5, 0.6) is 0 Å². The number of nitrogens with one attached hydrogen (secondary N) is 1. The molecular formula is C24H17NO5. The van der Waals surface area contributed by atoms with Gasteiger partial charge in [0.05, 0.1) is 5.56 Å². The molecule has 4 rings (SSSR count). The quantitative estimate of drug-likeness (QED) is 0.521. The number of ketones is 2. The number of carbonyl (C=O) groups is 4. The maximum absolute atomic E-state index is 12.9. The lowest BCUT2D eigenvalue weighted by Crippen LogP contribution is -2.29. The molecule has 0 saturated heterocycles. The first kappa shape index (κ1) is 19.3. The Kier molecular flexibility index (Phi) is 5.22. The molecule has 0 radical (unpaired) electrons. The van der Waals surface area contributed by atoms with Crippen molar-refractivity contribution < 1.29 is 23.9 Å². The molecule has 0 saturated carbocycles. The van der Waals surface area contributed by atoms with Crippen LogP contribution < -0.4 is 5.32 Å². The number of amides is 1. The Morgan fingerprint density at radius 2 is 1.37 bits per heavy atom. The molecule has 1 N–H and O–H groups in total. The van der Waals surface area contributed by atoms with Crippen molar-refractivity contribution in [3.63, 3.8) is 0 Å². The zero-order chi connectivity index (χ0) is 21.1. The van der Waals surface area contributed by atoms with Crippen LogP contribution in [0.2, 0.25) is 0 Å². The molecule has 0 spiro atoms. The highest BCUT2D eigenvalue weighted by Crippen LogP contribution is 2.29. The van der Waals surface area contributed by atoms with E-state index in [-0.39, 0.29) is 28.0 Å². The van der Waals surface area contributed by atoms with Gasteiger partial charge in [-0.2, -0.15) is 0 Å². The molecule has 30 heavy (non-hydrogen) atoms. The molecule has 1 aliphatic rings. The maximum atomic E-state index is 12.9. The summed E-state index contributed by atoms with van der Waals surface area (Å²) in [6.45, 7) is -0.185. The monoisotopic (exact) mass is 399 g/mol. The molecule has 0 fully saturated rings. The summed E-state index contributed by atoms with van der Waals surface area (Å²) in [4.78, 5) is 50.3. The normalized spacial score (nSPS) is 12.0. The fourth-order valence-corrected chi connectivity index (χ4v) is 3.37. The van der Waals surface area contributed by atoms with Crippen LogP contribution in [0.25, 0.3) is 0 Å². The molecule has 0 bridgehead atoms. The molecule has 3 aromatic carbocycles. The molecule has 0 atom stereocenters. The Morgan fingerprint density at radius 1 is 0.733 bits per heavy atom.